The summed E-state index contributed by atoms with van der Waals surface area (Å²) in [5.41, 5.74) is 3.78. The maximum absolute atomic E-state index is 5.66. The summed E-state index contributed by atoms with van der Waals surface area (Å²) in [6.07, 6.45) is 9.19. The molecule has 3 aromatic rings. The normalized spacial score (nSPS) is 22.0. The van der Waals surface area contributed by atoms with Crippen LogP contribution in [0.25, 0.3) is 11.3 Å². The first kappa shape index (κ1) is 15.7. The van der Waals surface area contributed by atoms with Crippen molar-refractivity contribution in [2.24, 2.45) is 5.41 Å². The van der Waals surface area contributed by atoms with Crippen molar-refractivity contribution in [2.75, 3.05) is 13.1 Å². The third kappa shape index (κ3) is 2.72. The minimum absolute atomic E-state index is 0.387. The van der Waals surface area contributed by atoms with Gasteiger partial charge in [-0.25, -0.2) is 0 Å². The Labute approximate surface area is 151 Å². The number of piperidine rings is 1. The van der Waals surface area contributed by atoms with Gasteiger partial charge in [0.05, 0.1) is 11.9 Å². The summed E-state index contributed by atoms with van der Waals surface area (Å²) in [6, 6.07) is 4.02. The molecule has 4 heterocycles. The number of aromatic amines is 1. The van der Waals surface area contributed by atoms with Crippen LogP contribution in [-0.4, -0.2) is 43.4 Å². The van der Waals surface area contributed by atoms with Crippen molar-refractivity contribution < 1.29 is 4.42 Å². The quantitative estimate of drug-likeness (QED) is 0.779. The second kappa shape index (κ2) is 6.02. The van der Waals surface area contributed by atoms with E-state index in [0.717, 1.165) is 36.8 Å². The zero-order valence-corrected chi connectivity index (χ0v) is 14.9. The molecule has 1 unspecified atom stereocenters. The van der Waals surface area contributed by atoms with E-state index in [0.29, 0.717) is 17.2 Å². The van der Waals surface area contributed by atoms with Gasteiger partial charge in [-0.05, 0) is 49.9 Å². The Balaban J connectivity index is 1.23. The molecule has 7 heteroatoms. The molecule has 2 fully saturated rings. The lowest BCUT2D eigenvalue weighted by atomic mass is 9.90. The van der Waals surface area contributed by atoms with Crippen LogP contribution in [0.5, 0.6) is 0 Å². The van der Waals surface area contributed by atoms with Crippen molar-refractivity contribution in [3.63, 3.8) is 0 Å². The van der Waals surface area contributed by atoms with Crippen LogP contribution in [0, 0.1) is 12.3 Å². The first-order valence-corrected chi connectivity index (χ1v) is 9.18. The van der Waals surface area contributed by atoms with Gasteiger partial charge in [-0.2, -0.15) is 5.10 Å². The van der Waals surface area contributed by atoms with Gasteiger partial charge >= 0.3 is 0 Å². The molecule has 0 bridgehead atoms. The highest BCUT2D eigenvalue weighted by molar-refractivity contribution is 5.61. The van der Waals surface area contributed by atoms with Crippen molar-refractivity contribution in [3.8, 4) is 11.3 Å². The Morgan fingerprint density at radius 2 is 2.15 bits per heavy atom. The number of H-pyrrole nitrogens is 1. The van der Waals surface area contributed by atoms with Crippen LogP contribution < -0.4 is 0 Å². The van der Waals surface area contributed by atoms with Gasteiger partial charge in [0.2, 0.25) is 11.8 Å². The summed E-state index contributed by atoms with van der Waals surface area (Å²) < 4.78 is 5.66. The standard InChI is InChI=1S/C19H22N6O/c1-13-22-24-18(26-13)16-9-19(16)4-7-25(8-5-19)12-15-11-21-23-17(15)14-3-2-6-20-10-14/h2-3,6,10-11,16H,4-5,7-9,12H2,1H3,(H,21,23). The molecule has 134 valence electrons. The van der Waals surface area contributed by atoms with Gasteiger partial charge in [0.25, 0.3) is 0 Å². The minimum Gasteiger partial charge on any atom is -0.425 e. The SMILES string of the molecule is Cc1nnc(C2CC23CCN(Cc2cn[nH]c2-c2cccnc2)CC3)o1. The Morgan fingerprint density at radius 3 is 2.88 bits per heavy atom. The molecule has 7 nitrogen and oxygen atoms in total. The van der Waals surface area contributed by atoms with E-state index in [9.17, 15) is 0 Å². The number of nitrogens with zero attached hydrogens (tertiary/aromatic N) is 5. The van der Waals surface area contributed by atoms with E-state index < -0.39 is 0 Å². The van der Waals surface area contributed by atoms with Gasteiger partial charge in [-0.3, -0.25) is 15.0 Å². The number of hydrogen-bond donors (Lipinski definition) is 1. The molecular weight excluding hydrogens is 328 g/mol. The van der Waals surface area contributed by atoms with E-state index >= 15 is 0 Å². The molecule has 1 saturated carbocycles. The molecule has 1 aliphatic heterocycles. The molecule has 0 radical (unpaired) electrons. The van der Waals surface area contributed by atoms with Gasteiger partial charge in [0.15, 0.2) is 0 Å². The highest BCUT2D eigenvalue weighted by Gasteiger charge is 2.58. The second-order valence-electron chi connectivity index (χ2n) is 7.57. The lowest BCUT2D eigenvalue weighted by Gasteiger charge is -2.32. The Morgan fingerprint density at radius 1 is 1.27 bits per heavy atom. The van der Waals surface area contributed by atoms with Crippen molar-refractivity contribution in [1.82, 2.24) is 30.3 Å². The van der Waals surface area contributed by atoms with E-state index in [2.05, 4.69) is 36.3 Å². The first-order valence-electron chi connectivity index (χ1n) is 9.18. The van der Waals surface area contributed by atoms with Gasteiger partial charge in [0.1, 0.15) is 0 Å². The topological polar surface area (TPSA) is 83.7 Å². The molecule has 26 heavy (non-hydrogen) atoms. The summed E-state index contributed by atoms with van der Waals surface area (Å²) in [5.74, 6) is 1.97. The molecule has 1 saturated heterocycles. The highest BCUT2D eigenvalue weighted by Crippen LogP contribution is 2.64. The number of likely N-dealkylation sites (tertiary alicyclic amines) is 1. The van der Waals surface area contributed by atoms with E-state index in [1.54, 1.807) is 6.20 Å². The van der Waals surface area contributed by atoms with Crippen LogP contribution in [0.1, 0.15) is 42.5 Å². The lowest BCUT2D eigenvalue weighted by Crippen LogP contribution is -2.34. The van der Waals surface area contributed by atoms with Crippen LogP contribution in [0.15, 0.2) is 35.1 Å². The average molecular weight is 350 g/mol. The minimum atomic E-state index is 0.387. The first-order chi connectivity index (χ1) is 12.7. The summed E-state index contributed by atoms with van der Waals surface area (Å²) in [4.78, 5) is 6.73. The van der Waals surface area contributed by atoms with Gasteiger partial charge in [0, 0.05) is 42.9 Å². The molecule has 1 N–H and O–H groups in total. The maximum Gasteiger partial charge on any atom is 0.220 e. The predicted octanol–water partition coefficient (Wildman–Crippen LogP) is 2.93. The summed E-state index contributed by atoms with van der Waals surface area (Å²) in [6.45, 7) is 4.97. The number of rotatable bonds is 4. The van der Waals surface area contributed by atoms with Crippen LogP contribution in [-0.2, 0) is 6.54 Å². The lowest BCUT2D eigenvalue weighted by molar-refractivity contribution is 0.160. The Kier molecular flexibility index (Phi) is 3.63. The summed E-state index contributed by atoms with van der Waals surface area (Å²) in [5, 5.41) is 15.6. The third-order valence-corrected chi connectivity index (χ3v) is 5.94. The predicted molar refractivity (Wildman–Crippen MR) is 95.2 cm³/mol. The Hall–Kier alpha value is -2.54. The smallest absolute Gasteiger partial charge is 0.220 e. The highest BCUT2D eigenvalue weighted by atomic mass is 16.4. The van der Waals surface area contributed by atoms with E-state index in [1.807, 2.05) is 25.4 Å². The molecule has 1 atom stereocenters. The number of pyridine rings is 1. The molecule has 0 aromatic carbocycles. The van der Waals surface area contributed by atoms with Crippen LogP contribution in [0.4, 0.5) is 0 Å². The third-order valence-electron chi connectivity index (χ3n) is 5.94. The molecule has 2 aliphatic rings. The van der Waals surface area contributed by atoms with Crippen molar-refractivity contribution in [1.29, 1.82) is 0 Å². The monoisotopic (exact) mass is 350 g/mol. The number of aryl methyl sites for hydroxylation is 1. The molecule has 5 rings (SSSR count). The van der Waals surface area contributed by atoms with Crippen LogP contribution >= 0.6 is 0 Å². The molecular formula is C19H22N6O. The number of hydrogen-bond acceptors (Lipinski definition) is 6. The molecule has 0 amide bonds. The van der Waals surface area contributed by atoms with E-state index in [4.69, 9.17) is 4.42 Å². The molecule has 1 aliphatic carbocycles. The number of aromatic nitrogens is 5. The van der Waals surface area contributed by atoms with Gasteiger partial charge in [-0.15, -0.1) is 10.2 Å². The van der Waals surface area contributed by atoms with Crippen molar-refractivity contribution >= 4 is 0 Å². The zero-order chi connectivity index (χ0) is 17.6. The second-order valence-corrected chi connectivity index (χ2v) is 7.57. The fourth-order valence-electron chi connectivity index (χ4n) is 4.29. The maximum atomic E-state index is 5.66. The van der Waals surface area contributed by atoms with Crippen molar-refractivity contribution in [2.45, 2.75) is 38.6 Å². The van der Waals surface area contributed by atoms with Crippen molar-refractivity contribution in [3.05, 3.63) is 48.1 Å². The van der Waals surface area contributed by atoms with Gasteiger partial charge < -0.3 is 4.42 Å². The zero-order valence-electron chi connectivity index (χ0n) is 14.9. The van der Waals surface area contributed by atoms with Gasteiger partial charge in [-0.1, -0.05) is 0 Å². The van der Waals surface area contributed by atoms with E-state index in [-0.39, 0.29) is 0 Å². The fourth-order valence-corrected chi connectivity index (χ4v) is 4.29. The largest absolute Gasteiger partial charge is 0.425 e. The Bertz CT molecular complexity index is 894. The van der Waals surface area contributed by atoms with Crippen LogP contribution in [0.2, 0.25) is 0 Å². The summed E-state index contributed by atoms with van der Waals surface area (Å²) >= 11 is 0. The van der Waals surface area contributed by atoms with Crippen LogP contribution in [0.3, 0.4) is 0 Å². The summed E-state index contributed by atoms with van der Waals surface area (Å²) in [7, 11) is 0. The number of nitrogens with one attached hydrogen (secondary N) is 1. The molecule has 1 spiro atoms. The molecule has 3 aromatic heterocycles. The average Bonchev–Trinajstić information content (AvgIpc) is 2.99. The van der Waals surface area contributed by atoms with E-state index in [1.165, 1.54) is 24.8 Å². The fraction of sp³-hybridized carbons (Fsp3) is 0.474.